The number of hydrogen-bond donors (Lipinski definition) is 0. The molecular formula is C51H38Cl3Na2O18P2RhS2. The fourth-order valence-corrected chi connectivity index (χ4v) is 14.8. The molecule has 0 heterocycles. The first kappa shape index (κ1) is 70.7. The molecule has 0 spiro atoms. The van der Waals surface area contributed by atoms with Crippen molar-refractivity contribution in [3.8, 4) is 11.1 Å². The molecule has 10 rings (SSSR count). The molecule has 2 aliphatic rings. The van der Waals surface area contributed by atoms with Gasteiger partial charge in [0.05, 0.1) is 9.79 Å². The van der Waals surface area contributed by atoms with Crippen LogP contribution in [0.25, 0.3) is 32.7 Å². The third kappa shape index (κ3) is 21.5. The standard InChI is InChI=1S/C44H32O6P2S2.C7H8.3ClHO4.2Na.Rh/c45-53(46,47)41-25-13-23-37-35(41)27-29-39(51(31-15-5-1-6-16-31)32-17-7-2-8-18-32)43(37)44-38-24-14-26-42(54(48,49)50)36(38)28-30-40(44)52(33-19-9-3-10-20-33)34-21-11-4-12-22-34;1-2-7-4-3-6(1)5-7;3*2-1(3,4)5;;;/h1-30H,(H,45,46,47)(H,48,49,50);1-4,6-7H,5H2;3*(H,2,3,4,5);;;/q;;;;;2*+1;+3/p-5. The summed E-state index contributed by atoms with van der Waals surface area (Å²) in [5.74, 6) is 1.62. The van der Waals surface area contributed by atoms with E-state index in [1.807, 2.05) is 97.1 Å². The van der Waals surface area contributed by atoms with Gasteiger partial charge in [-0.1, -0.05) is 194 Å². The molecule has 404 valence electrons. The molecule has 2 aliphatic carbocycles. The monoisotopic (exact) mass is 1320 g/mol. The van der Waals surface area contributed by atoms with E-state index in [1.165, 1.54) is 18.6 Å². The van der Waals surface area contributed by atoms with Crippen molar-refractivity contribution in [3.63, 3.8) is 0 Å². The maximum absolute atomic E-state index is 12.8. The van der Waals surface area contributed by atoms with Crippen LogP contribution in [0.3, 0.4) is 0 Å². The summed E-state index contributed by atoms with van der Waals surface area (Å²) in [5.41, 5.74) is 1.33. The largest absolute Gasteiger partial charge is 3.00 e. The Morgan fingerprint density at radius 3 is 0.785 bits per heavy atom. The summed E-state index contributed by atoms with van der Waals surface area (Å²) in [4.78, 5) is -0.705. The van der Waals surface area contributed by atoms with E-state index in [2.05, 4.69) is 72.8 Å². The van der Waals surface area contributed by atoms with E-state index in [1.54, 1.807) is 24.3 Å². The normalized spacial score (nSPS) is 14.4. The first-order valence-electron chi connectivity index (χ1n) is 21.6. The summed E-state index contributed by atoms with van der Waals surface area (Å²) in [5, 5.41) is 7.41. The van der Waals surface area contributed by atoms with Crippen molar-refractivity contribution in [1.82, 2.24) is 0 Å². The first-order valence-corrected chi connectivity index (χ1v) is 30.8. The Bertz CT molecular complexity index is 3200. The average Bonchev–Trinajstić information content (AvgIpc) is 4.06. The Kier molecular flexibility index (Phi) is 27.6. The van der Waals surface area contributed by atoms with Crippen LogP contribution in [0.4, 0.5) is 0 Å². The molecule has 0 radical (unpaired) electrons. The first-order chi connectivity index (χ1) is 35.6. The Morgan fingerprint density at radius 1 is 0.342 bits per heavy atom. The molecule has 2 bridgehead atoms. The van der Waals surface area contributed by atoms with Gasteiger partial charge in [0.25, 0.3) is 0 Å². The third-order valence-electron chi connectivity index (χ3n) is 11.1. The van der Waals surface area contributed by atoms with Crippen molar-refractivity contribution in [2.24, 2.45) is 11.8 Å². The zero-order valence-corrected chi connectivity index (χ0v) is 52.3. The quantitative estimate of drug-likeness (QED) is 0.0560. The Morgan fingerprint density at radius 2 is 0.582 bits per heavy atom. The molecule has 0 atom stereocenters. The van der Waals surface area contributed by atoms with E-state index in [-0.39, 0.29) is 99.2 Å². The minimum absolute atomic E-state index is 0. The van der Waals surface area contributed by atoms with E-state index >= 15 is 0 Å². The van der Waals surface area contributed by atoms with Gasteiger partial charge in [0.15, 0.2) is 0 Å². The van der Waals surface area contributed by atoms with Crippen LogP contribution in [-0.4, -0.2) is 25.9 Å². The second-order valence-electron chi connectivity index (χ2n) is 16.0. The number of hydrogen-bond acceptors (Lipinski definition) is 18. The van der Waals surface area contributed by atoms with Gasteiger partial charge in [-0.2, -0.15) is 0 Å². The topological polar surface area (TPSA) is 391 Å². The Labute approximate surface area is 520 Å². The van der Waals surface area contributed by atoms with Gasteiger partial charge in [0.2, 0.25) is 0 Å². The Hall–Kier alpha value is -2.55. The van der Waals surface area contributed by atoms with Crippen LogP contribution in [0.1, 0.15) is 6.42 Å². The van der Waals surface area contributed by atoms with Gasteiger partial charge in [-0.25, -0.2) is 72.7 Å². The summed E-state index contributed by atoms with van der Waals surface area (Å²) < 4.78 is 179. The van der Waals surface area contributed by atoms with Crippen LogP contribution >= 0.6 is 15.8 Å². The molecule has 0 aromatic heterocycles. The molecule has 0 amide bonds. The predicted octanol–water partition coefficient (Wildman–Crippen LogP) is -11.5. The summed E-state index contributed by atoms with van der Waals surface area (Å²) >= 11 is 0. The molecular weight excluding hydrogens is 1280 g/mol. The second-order valence-corrected chi connectivity index (χ2v) is 25.3. The maximum Gasteiger partial charge on any atom is 3.00 e. The van der Waals surface area contributed by atoms with Crippen LogP contribution in [0.15, 0.2) is 216 Å². The van der Waals surface area contributed by atoms with Gasteiger partial charge >= 0.3 is 78.6 Å². The zero-order valence-electron chi connectivity index (χ0n) is 41.0. The van der Waals surface area contributed by atoms with Crippen LogP contribution in [-0.2, 0) is 39.7 Å². The van der Waals surface area contributed by atoms with E-state index < -0.39 is 66.8 Å². The SMILES string of the molecule is C1=CC2C=CC1C2.O=S(=O)([O-])c1cccc2c(-c3c(P(c4ccccc4)c4ccccc4)ccc4c(S(=O)(=O)[O-])cccc34)c(P(c3ccccc3)c3ccccc3)ccc12.[Na+].[Na+].[O-][Cl+3]([O-])([O-])[O-].[O-][Cl+3]([O-])([O-])[O-].[O-][Cl+3]([O-])([O-])[O-].[Rh+3]. The predicted molar refractivity (Wildman–Crippen MR) is 250 cm³/mol. The molecule has 79 heavy (non-hydrogen) atoms. The zero-order chi connectivity index (χ0) is 55.6. The maximum atomic E-state index is 12.8. The molecule has 0 fully saturated rings. The summed E-state index contributed by atoms with van der Waals surface area (Å²) in [6, 6.07) is 56.8. The molecule has 0 N–H and O–H groups in total. The fraction of sp³-hybridized carbons (Fsp3) is 0.0588. The molecule has 8 aromatic rings. The molecule has 0 saturated carbocycles. The van der Waals surface area contributed by atoms with E-state index in [0.29, 0.717) is 21.9 Å². The van der Waals surface area contributed by atoms with Crippen LogP contribution in [0.5, 0.6) is 0 Å². The number of allylic oxidation sites excluding steroid dienone is 4. The number of rotatable bonds is 9. The minimum atomic E-state index is -4.94. The molecule has 18 nitrogen and oxygen atoms in total. The summed E-state index contributed by atoms with van der Waals surface area (Å²) in [6.45, 7) is 0. The van der Waals surface area contributed by atoms with Gasteiger partial charge in [-0.05, 0) is 111 Å². The molecule has 0 saturated heterocycles. The van der Waals surface area contributed by atoms with Crippen LogP contribution in [0, 0.1) is 42.6 Å². The van der Waals surface area contributed by atoms with Crippen LogP contribution in [0.2, 0.25) is 0 Å². The van der Waals surface area contributed by atoms with Crippen molar-refractivity contribution in [3.05, 3.63) is 206 Å². The molecule has 0 unspecified atom stereocenters. The van der Waals surface area contributed by atoms with Crippen LogP contribution < -0.4 is 147 Å². The number of benzene rings is 8. The van der Waals surface area contributed by atoms with E-state index in [4.69, 9.17) is 55.9 Å². The average molecular weight is 1320 g/mol. The van der Waals surface area contributed by atoms with Gasteiger partial charge < -0.3 is 9.11 Å². The Balaban J connectivity index is 0.000000549. The molecule has 0 aliphatic heterocycles. The smallest absolute Gasteiger partial charge is 0.744 e. The minimum Gasteiger partial charge on any atom is -0.744 e. The van der Waals surface area contributed by atoms with Crippen molar-refractivity contribution in [2.45, 2.75) is 16.2 Å². The van der Waals surface area contributed by atoms with Gasteiger partial charge in [0, 0.05) is 0 Å². The summed E-state index contributed by atoms with van der Waals surface area (Å²) in [6.07, 6.45) is 10.5. The van der Waals surface area contributed by atoms with Crippen molar-refractivity contribution in [2.75, 3.05) is 0 Å². The molecule has 8 aromatic carbocycles. The van der Waals surface area contributed by atoms with Gasteiger partial charge in [-0.15, -0.1) is 30.7 Å². The van der Waals surface area contributed by atoms with Crippen molar-refractivity contribution >= 4 is 89.5 Å². The third-order valence-corrected chi connectivity index (χ3v) is 17.8. The van der Waals surface area contributed by atoms with Gasteiger partial charge in [-0.3, -0.25) is 0 Å². The van der Waals surface area contributed by atoms with Crippen molar-refractivity contribution in [1.29, 1.82) is 0 Å². The second kappa shape index (κ2) is 30.8. The van der Waals surface area contributed by atoms with E-state index in [0.717, 1.165) is 43.7 Å². The molecule has 28 heteroatoms. The van der Waals surface area contributed by atoms with Crippen molar-refractivity contribution < 1.29 is 191 Å². The number of fused-ring (bicyclic) bond motifs is 4. The van der Waals surface area contributed by atoms with E-state index in [9.17, 15) is 25.9 Å². The summed E-state index contributed by atoms with van der Waals surface area (Å²) in [7, 11) is -27.3. The fourth-order valence-electron chi connectivity index (χ4n) is 8.46. The number of halogens is 3. The van der Waals surface area contributed by atoms with Gasteiger partial charge in [0.1, 0.15) is 20.2 Å².